The van der Waals surface area contributed by atoms with Crippen LogP contribution in [-0.2, 0) is 14.6 Å². The smallest absolute Gasteiger partial charge is 0.150 e. The lowest BCUT2D eigenvalue weighted by atomic mass is 9.95. The highest BCUT2D eigenvalue weighted by atomic mass is 32.2. The Morgan fingerprint density at radius 2 is 2.05 bits per heavy atom. The SMILES string of the molecule is COCCN(C)CCNC1CCCC(S(C)(=O)=O)C1. The van der Waals surface area contributed by atoms with Crippen molar-refractivity contribution in [2.75, 3.05) is 46.7 Å². The summed E-state index contributed by atoms with van der Waals surface area (Å²) in [5.41, 5.74) is 0. The molecular formula is C13H28N2O3S. The maximum absolute atomic E-state index is 11.6. The van der Waals surface area contributed by atoms with Gasteiger partial charge in [-0.25, -0.2) is 8.42 Å². The number of methoxy groups -OCH3 is 1. The van der Waals surface area contributed by atoms with Gasteiger partial charge in [0.25, 0.3) is 0 Å². The zero-order valence-corrected chi connectivity index (χ0v) is 13.2. The molecule has 0 saturated heterocycles. The molecule has 0 bridgehead atoms. The Bertz CT molecular complexity index is 346. The normalized spacial score (nSPS) is 24.8. The van der Waals surface area contributed by atoms with E-state index in [1.54, 1.807) is 7.11 Å². The van der Waals surface area contributed by atoms with Crippen molar-refractivity contribution in [3.63, 3.8) is 0 Å². The van der Waals surface area contributed by atoms with E-state index in [1.807, 2.05) is 0 Å². The molecule has 0 amide bonds. The molecule has 1 aliphatic rings. The van der Waals surface area contributed by atoms with Crippen molar-refractivity contribution in [2.24, 2.45) is 0 Å². The Kier molecular flexibility index (Phi) is 7.28. The average molecular weight is 292 g/mol. The minimum Gasteiger partial charge on any atom is -0.383 e. The van der Waals surface area contributed by atoms with E-state index < -0.39 is 9.84 Å². The van der Waals surface area contributed by atoms with E-state index in [-0.39, 0.29) is 5.25 Å². The maximum atomic E-state index is 11.6. The molecule has 6 heteroatoms. The third-order valence-corrected chi connectivity index (χ3v) is 5.47. The van der Waals surface area contributed by atoms with E-state index in [9.17, 15) is 8.42 Å². The van der Waals surface area contributed by atoms with Crippen LogP contribution in [0.2, 0.25) is 0 Å². The molecule has 1 fully saturated rings. The predicted octanol–water partition coefficient (Wildman–Crippen LogP) is 0.510. The van der Waals surface area contributed by atoms with Gasteiger partial charge < -0.3 is 15.0 Å². The summed E-state index contributed by atoms with van der Waals surface area (Å²) in [5, 5.41) is 3.34. The lowest BCUT2D eigenvalue weighted by Crippen LogP contribution is -2.41. The summed E-state index contributed by atoms with van der Waals surface area (Å²) in [5.74, 6) is 0. The Morgan fingerprint density at radius 3 is 2.68 bits per heavy atom. The van der Waals surface area contributed by atoms with Crippen LogP contribution in [0.15, 0.2) is 0 Å². The van der Waals surface area contributed by atoms with Gasteiger partial charge in [-0.05, 0) is 26.3 Å². The number of hydrogen-bond donors (Lipinski definition) is 1. The molecule has 0 aromatic rings. The molecule has 0 aliphatic heterocycles. The van der Waals surface area contributed by atoms with Crippen LogP contribution in [0, 0.1) is 0 Å². The number of nitrogens with zero attached hydrogens (tertiary/aromatic N) is 1. The molecule has 0 spiro atoms. The fourth-order valence-corrected chi connectivity index (χ4v) is 3.71. The summed E-state index contributed by atoms with van der Waals surface area (Å²) in [7, 11) is 0.899. The molecule has 2 unspecified atom stereocenters. The number of ether oxygens (including phenoxy) is 1. The average Bonchev–Trinajstić information content (AvgIpc) is 2.36. The molecule has 0 radical (unpaired) electrons. The second-order valence-corrected chi connectivity index (χ2v) is 7.89. The highest BCUT2D eigenvalue weighted by Crippen LogP contribution is 2.23. The van der Waals surface area contributed by atoms with Gasteiger partial charge in [0.2, 0.25) is 0 Å². The fourth-order valence-electron chi connectivity index (χ4n) is 2.54. The second kappa shape index (κ2) is 8.19. The van der Waals surface area contributed by atoms with Crippen molar-refractivity contribution >= 4 is 9.84 Å². The highest BCUT2D eigenvalue weighted by Gasteiger charge is 2.28. The Labute approximate surface area is 117 Å². The van der Waals surface area contributed by atoms with Crippen LogP contribution in [-0.4, -0.2) is 71.3 Å². The second-order valence-electron chi connectivity index (χ2n) is 5.57. The first-order valence-corrected chi connectivity index (χ1v) is 8.98. The van der Waals surface area contributed by atoms with Gasteiger partial charge in [0.05, 0.1) is 11.9 Å². The van der Waals surface area contributed by atoms with Crippen LogP contribution in [0.1, 0.15) is 25.7 Å². The molecule has 2 atom stereocenters. The molecule has 5 nitrogen and oxygen atoms in total. The van der Waals surface area contributed by atoms with Gasteiger partial charge in [-0.3, -0.25) is 0 Å². The first kappa shape index (κ1) is 16.9. The van der Waals surface area contributed by atoms with E-state index in [0.29, 0.717) is 6.04 Å². The van der Waals surface area contributed by atoms with Crippen molar-refractivity contribution < 1.29 is 13.2 Å². The van der Waals surface area contributed by atoms with Crippen LogP contribution < -0.4 is 5.32 Å². The summed E-state index contributed by atoms with van der Waals surface area (Å²) in [6.45, 7) is 3.54. The number of nitrogens with one attached hydrogen (secondary N) is 1. The first-order chi connectivity index (χ1) is 8.93. The minimum atomic E-state index is -2.88. The van der Waals surface area contributed by atoms with Crippen molar-refractivity contribution in [3.05, 3.63) is 0 Å². The van der Waals surface area contributed by atoms with Gasteiger partial charge in [0.1, 0.15) is 9.84 Å². The number of rotatable bonds is 8. The zero-order chi connectivity index (χ0) is 14.3. The van der Waals surface area contributed by atoms with Gasteiger partial charge in [-0.15, -0.1) is 0 Å². The maximum Gasteiger partial charge on any atom is 0.150 e. The molecule has 1 saturated carbocycles. The van der Waals surface area contributed by atoms with Crippen molar-refractivity contribution in [3.8, 4) is 0 Å². The summed E-state index contributed by atoms with van der Waals surface area (Å²) in [4.78, 5) is 2.22. The third-order valence-electron chi connectivity index (χ3n) is 3.84. The zero-order valence-electron chi connectivity index (χ0n) is 12.4. The van der Waals surface area contributed by atoms with Crippen molar-refractivity contribution in [2.45, 2.75) is 37.0 Å². The van der Waals surface area contributed by atoms with Crippen LogP contribution in [0.4, 0.5) is 0 Å². The number of hydrogen-bond acceptors (Lipinski definition) is 5. The van der Waals surface area contributed by atoms with Crippen molar-refractivity contribution in [1.29, 1.82) is 0 Å². The van der Waals surface area contributed by atoms with E-state index in [1.165, 1.54) is 6.26 Å². The van der Waals surface area contributed by atoms with E-state index >= 15 is 0 Å². The van der Waals surface area contributed by atoms with Crippen LogP contribution in [0.3, 0.4) is 0 Å². The van der Waals surface area contributed by atoms with Crippen molar-refractivity contribution in [1.82, 2.24) is 10.2 Å². The van der Waals surface area contributed by atoms with E-state index in [0.717, 1.165) is 51.9 Å². The van der Waals surface area contributed by atoms with Gasteiger partial charge in [0, 0.05) is 39.0 Å². The Balaban J connectivity index is 2.22. The standard InChI is InChI=1S/C13H28N2O3S/c1-15(9-10-18-2)8-7-14-12-5-4-6-13(11-12)19(3,16)17/h12-14H,4-11H2,1-3H3. The number of likely N-dealkylation sites (N-methyl/N-ethyl adjacent to an activating group) is 1. The topological polar surface area (TPSA) is 58.6 Å². The van der Waals surface area contributed by atoms with Gasteiger partial charge in [-0.1, -0.05) is 6.42 Å². The van der Waals surface area contributed by atoms with Gasteiger partial charge >= 0.3 is 0 Å². The fraction of sp³-hybridized carbons (Fsp3) is 1.00. The van der Waals surface area contributed by atoms with Crippen LogP contribution in [0.5, 0.6) is 0 Å². The molecule has 1 N–H and O–H groups in total. The molecule has 0 heterocycles. The lowest BCUT2D eigenvalue weighted by Gasteiger charge is -2.29. The monoisotopic (exact) mass is 292 g/mol. The van der Waals surface area contributed by atoms with Crippen LogP contribution in [0.25, 0.3) is 0 Å². The molecule has 0 aromatic heterocycles. The molecule has 19 heavy (non-hydrogen) atoms. The molecule has 114 valence electrons. The molecule has 0 aromatic carbocycles. The highest BCUT2D eigenvalue weighted by molar-refractivity contribution is 7.91. The lowest BCUT2D eigenvalue weighted by molar-refractivity contribution is 0.160. The number of sulfone groups is 1. The Hall–Kier alpha value is -0.170. The van der Waals surface area contributed by atoms with Gasteiger partial charge in [-0.2, -0.15) is 0 Å². The van der Waals surface area contributed by atoms with Crippen LogP contribution >= 0.6 is 0 Å². The summed E-state index contributed by atoms with van der Waals surface area (Å²) < 4.78 is 28.2. The largest absolute Gasteiger partial charge is 0.383 e. The van der Waals surface area contributed by atoms with Gasteiger partial charge in [0.15, 0.2) is 0 Å². The Morgan fingerprint density at radius 1 is 1.32 bits per heavy atom. The summed E-state index contributed by atoms with van der Waals surface area (Å²) in [6, 6.07) is 0.351. The summed E-state index contributed by atoms with van der Waals surface area (Å²) >= 11 is 0. The predicted molar refractivity (Wildman–Crippen MR) is 78.3 cm³/mol. The quantitative estimate of drug-likeness (QED) is 0.706. The van der Waals surface area contributed by atoms with E-state index in [2.05, 4.69) is 17.3 Å². The molecule has 1 rings (SSSR count). The third kappa shape index (κ3) is 6.70. The van der Waals surface area contributed by atoms with E-state index in [4.69, 9.17) is 4.74 Å². The summed E-state index contributed by atoms with van der Waals surface area (Å²) in [6.07, 6.45) is 5.05. The molecular weight excluding hydrogens is 264 g/mol. The minimum absolute atomic E-state index is 0.148. The molecule has 1 aliphatic carbocycles. The first-order valence-electron chi connectivity index (χ1n) is 7.03.